The molecule has 5 rings (SSSR count). The number of nitrogens with one attached hydrogen (secondary N) is 1. The molecular formula is C31H42N4O2. The highest BCUT2D eigenvalue weighted by Gasteiger charge is 2.27. The van der Waals surface area contributed by atoms with E-state index in [0.717, 1.165) is 63.4 Å². The monoisotopic (exact) mass is 502 g/mol. The van der Waals surface area contributed by atoms with Crippen molar-refractivity contribution >= 4 is 16.8 Å². The largest absolute Gasteiger partial charge is 0.381 e. The number of carbonyl (C=O) groups is 1. The SMILES string of the molecule is Cc1cc(-c2[nH]c3ccc(C4CCN(CC(=O)N(C)C5CCOCC5)CC4)cc3c2C(C)C)cc(C)n1. The van der Waals surface area contributed by atoms with Crippen LogP contribution in [-0.2, 0) is 9.53 Å². The van der Waals surface area contributed by atoms with Gasteiger partial charge in [-0.15, -0.1) is 0 Å². The second-order valence-corrected chi connectivity index (χ2v) is 11.4. The molecule has 4 heterocycles. The Bertz CT molecular complexity index is 1230. The minimum atomic E-state index is 0.245. The summed E-state index contributed by atoms with van der Waals surface area (Å²) < 4.78 is 5.46. The number of H-pyrrole nitrogens is 1. The van der Waals surface area contributed by atoms with Gasteiger partial charge in [0.15, 0.2) is 0 Å². The number of aromatic amines is 1. The number of fused-ring (bicyclic) bond motifs is 1. The van der Waals surface area contributed by atoms with Gasteiger partial charge in [0.25, 0.3) is 0 Å². The Hall–Kier alpha value is -2.70. The zero-order valence-electron chi connectivity index (χ0n) is 23.1. The number of hydrogen-bond acceptors (Lipinski definition) is 4. The van der Waals surface area contributed by atoms with Gasteiger partial charge < -0.3 is 14.6 Å². The van der Waals surface area contributed by atoms with Crippen molar-refractivity contribution in [3.63, 3.8) is 0 Å². The van der Waals surface area contributed by atoms with Gasteiger partial charge in [0, 0.05) is 54.2 Å². The van der Waals surface area contributed by atoms with Crippen molar-refractivity contribution in [2.24, 2.45) is 0 Å². The summed E-state index contributed by atoms with van der Waals surface area (Å²) in [7, 11) is 1.96. The highest BCUT2D eigenvalue weighted by atomic mass is 16.5. The average molecular weight is 503 g/mol. The molecule has 2 aromatic heterocycles. The number of aryl methyl sites for hydroxylation is 2. The van der Waals surface area contributed by atoms with Gasteiger partial charge in [-0.2, -0.15) is 0 Å². The summed E-state index contributed by atoms with van der Waals surface area (Å²) in [4.78, 5) is 25.5. The minimum Gasteiger partial charge on any atom is -0.381 e. The molecule has 0 saturated carbocycles. The van der Waals surface area contributed by atoms with Crippen molar-refractivity contribution in [2.45, 2.75) is 71.3 Å². The van der Waals surface area contributed by atoms with E-state index < -0.39 is 0 Å². The van der Waals surface area contributed by atoms with E-state index in [4.69, 9.17) is 4.74 Å². The smallest absolute Gasteiger partial charge is 0.236 e. The molecule has 6 heteroatoms. The van der Waals surface area contributed by atoms with E-state index in [-0.39, 0.29) is 5.91 Å². The van der Waals surface area contributed by atoms with Crippen LogP contribution >= 0.6 is 0 Å². The molecule has 2 aliphatic rings. The number of likely N-dealkylation sites (N-methyl/N-ethyl adjacent to an activating group) is 1. The number of carbonyl (C=O) groups excluding carboxylic acids is 1. The average Bonchev–Trinajstić information content (AvgIpc) is 3.28. The second kappa shape index (κ2) is 11.0. The molecule has 0 radical (unpaired) electrons. The van der Waals surface area contributed by atoms with Crippen molar-refractivity contribution < 1.29 is 9.53 Å². The molecule has 37 heavy (non-hydrogen) atoms. The Kier molecular flexibility index (Phi) is 7.68. The first-order valence-corrected chi connectivity index (χ1v) is 14.0. The van der Waals surface area contributed by atoms with E-state index in [1.165, 1.54) is 33.3 Å². The van der Waals surface area contributed by atoms with Crippen LogP contribution in [0.25, 0.3) is 22.2 Å². The Morgan fingerprint density at radius 3 is 2.41 bits per heavy atom. The molecule has 1 aromatic carbocycles. The zero-order chi connectivity index (χ0) is 26.1. The van der Waals surface area contributed by atoms with Crippen molar-refractivity contribution in [1.29, 1.82) is 0 Å². The molecule has 0 bridgehead atoms. The lowest BCUT2D eigenvalue weighted by molar-refractivity contribution is -0.135. The third-order valence-corrected chi connectivity index (χ3v) is 8.36. The quantitative estimate of drug-likeness (QED) is 0.464. The number of pyridine rings is 1. The maximum atomic E-state index is 12.9. The number of benzene rings is 1. The minimum absolute atomic E-state index is 0.245. The summed E-state index contributed by atoms with van der Waals surface area (Å²) in [6.45, 7) is 12.7. The van der Waals surface area contributed by atoms with Crippen LogP contribution in [0.2, 0.25) is 0 Å². The topological polar surface area (TPSA) is 61.5 Å². The molecule has 2 aliphatic heterocycles. The maximum Gasteiger partial charge on any atom is 0.236 e. The van der Waals surface area contributed by atoms with E-state index in [0.29, 0.717) is 24.4 Å². The van der Waals surface area contributed by atoms with Crippen LogP contribution in [0.4, 0.5) is 0 Å². The summed E-state index contributed by atoms with van der Waals surface area (Å²) in [6, 6.07) is 11.7. The van der Waals surface area contributed by atoms with Crippen molar-refractivity contribution in [3.05, 3.63) is 52.8 Å². The van der Waals surface area contributed by atoms with Crippen LogP contribution in [0.3, 0.4) is 0 Å². The van der Waals surface area contributed by atoms with Crippen LogP contribution in [0.15, 0.2) is 30.3 Å². The van der Waals surface area contributed by atoms with Gasteiger partial charge in [0.05, 0.1) is 12.2 Å². The van der Waals surface area contributed by atoms with Gasteiger partial charge in [-0.25, -0.2) is 0 Å². The first kappa shape index (κ1) is 25.9. The molecule has 3 aromatic rings. The number of aromatic nitrogens is 2. The van der Waals surface area contributed by atoms with Crippen molar-refractivity contribution in [1.82, 2.24) is 19.8 Å². The summed E-state index contributed by atoms with van der Waals surface area (Å²) in [6.07, 6.45) is 4.09. The molecule has 2 saturated heterocycles. The highest BCUT2D eigenvalue weighted by molar-refractivity contribution is 5.92. The fourth-order valence-electron chi connectivity index (χ4n) is 6.29. The lowest BCUT2D eigenvalue weighted by Gasteiger charge is -2.35. The molecular weight excluding hydrogens is 460 g/mol. The van der Waals surface area contributed by atoms with E-state index in [1.807, 2.05) is 11.9 Å². The van der Waals surface area contributed by atoms with Gasteiger partial charge in [-0.1, -0.05) is 19.9 Å². The number of rotatable bonds is 6. The van der Waals surface area contributed by atoms with Crippen molar-refractivity contribution in [2.75, 3.05) is 39.9 Å². The summed E-state index contributed by atoms with van der Waals surface area (Å²) in [5.74, 6) is 1.19. The van der Waals surface area contributed by atoms with Crippen LogP contribution in [0, 0.1) is 13.8 Å². The number of likely N-dealkylation sites (tertiary alicyclic amines) is 1. The van der Waals surface area contributed by atoms with Crippen molar-refractivity contribution in [3.8, 4) is 11.3 Å². The molecule has 0 atom stereocenters. The molecule has 2 fully saturated rings. The zero-order valence-corrected chi connectivity index (χ0v) is 23.1. The molecule has 1 N–H and O–H groups in total. The van der Waals surface area contributed by atoms with Gasteiger partial charge >= 0.3 is 0 Å². The second-order valence-electron chi connectivity index (χ2n) is 11.4. The van der Waals surface area contributed by atoms with E-state index >= 15 is 0 Å². The predicted molar refractivity (Wildman–Crippen MR) is 150 cm³/mol. The summed E-state index contributed by atoms with van der Waals surface area (Å²) >= 11 is 0. The van der Waals surface area contributed by atoms with E-state index in [2.05, 4.69) is 72.9 Å². The normalized spacial score (nSPS) is 18.1. The Morgan fingerprint density at radius 1 is 1.08 bits per heavy atom. The Morgan fingerprint density at radius 2 is 1.76 bits per heavy atom. The fourth-order valence-corrected chi connectivity index (χ4v) is 6.29. The van der Waals surface area contributed by atoms with Gasteiger partial charge in [0.2, 0.25) is 5.91 Å². The van der Waals surface area contributed by atoms with Gasteiger partial charge in [-0.05, 0) is 99.8 Å². The number of nitrogens with zero attached hydrogens (tertiary/aromatic N) is 3. The standard InChI is InChI=1S/C31H42N4O2/c1-20(2)30-27-18-24(6-7-28(27)33-31(30)25-16-21(3)32-22(4)17-25)23-8-12-35(13-9-23)19-29(36)34(5)26-10-14-37-15-11-26/h6-7,16-18,20,23,26,33H,8-15,19H2,1-5H3. The van der Waals surface area contributed by atoms with Crippen LogP contribution in [-0.4, -0.2) is 71.6 Å². The molecule has 0 aliphatic carbocycles. The maximum absolute atomic E-state index is 12.9. The van der Waals surface area contributed by atoms with Crippen LogP contribution in [0.1, 0.15) is 73.9 Å². The molecule has 0 spiro atoms. The summed E-state index contributed by atoms with van der Waals surface area (Å²) in [5, 5.41) is 1.34. The van der Waals surface area contributed by atoms with E-state index in [1.54, 1.807) is 0 Å². The predicted octanol–water partition coefficient (Wildman–Crippen LogP) is 5.79. The number of amides is 1. The molecule has 0 unspecified atom stereocenters. The molecule has 198 valence electrons. The lowest BCUT2D eigenvalue weighted by atomic mass is 9.87. The third-order valence-electron chi connectivity index (χ3n) is 8.36. The van der Waals surface area contributed by atoms with Gasteiger partial charge in [-0.3, -0.25) is 14.7 Å². The third kappa shape index (κ3) is 5.60. The van der Waals surface area contributed by atoms with E-state index in [9.17, 15) is 4.79 Å². The fraction of sp³-hybridized carbons (Fsp3) is 0.548. The first-order chi connectivity index (χ1) is 17.8. The van der Waals surface area contributed by atoms with Crippen LogP contribution < -0.4 is 0 Å². The Labute approximate surface area is 221 Å². The first-order valence-electron chi connectivity index (χ1n) is 14.0. The highest BCUT2D eigenvalue weighted by Crippen LogP contribution is 2.38. The van der Waals surface area contributed by atoms with Gasteiger partial charge in [0.1, 0.15) is 0 Å². The molecule has 6 nitrogen and oxygen atoms in total. The summed E-state index contributed by atoms with van der Waals surface area (Å²) in [5.41, 5.74) is 8.55. The lowest BCUT2D eigenvalue weighted by Crippen LogP contribution is -2.46. The van der Waals surface area contributed by atoms with Crippen LogP contribution in [0.5, 0.6) is 0 Å². The number of hydrogen-bond donors (Lipinski definition) is 1. The number of ether oxygens (including phenoxy) is 1. The number of piperidine rings is 1. The Balaban J connectivity index is 1.29. The molecule has 1 amide bonds.